The maximum absolute atomic E-state index is 12.9. The molecule has 0 saturated carbocycles. The number of rotatable bonds is 11. The Morgan fingerprint density at radius 1 is 1.33 bits per heavy atom. The van der Waals surface area contributed by atoms with Crippen molar-refractivity contribution >= 4 is 104 Å². The van der Waals surface area contributed by atoms with Crippen molar-refractivity contribution in [2.24, 2.45) is 0 Å². The molecule has 36 heavy (non-hydrogen) atoms. The fourth-order valence-electron chi connectivity index (χ4n) is 3.34. The van der Waals surface area contributed by atoms with Gasteiger partial charge >= 0.3 is 5.97 Å². The van der Waals surface area contributed by atoms with E-state index in [0.29, 0.717) is 23.5 Å². The highest BCUT2D eigenvalue weighted by atomic mass is 35.5. The topological polar surface area (TPSA) is 154 Å². The number of hydrogen-bond donors (Lipinski definition) is 3. The molecule has 0 aliphatic carbocycles. The SMILES string of the molecule is CCSc1nnc(SCC2=C(C(=O)O)N3C(=O)C(NC(=O)C(=CCl)c4csc(NC=O)n4)[C@H]3SC2)s1. The molecule has 1 fully saturated rings. The first kappa shape index (κ1) is 26.9. The summed E-state index contributed by atoms with van der Waals surface area (Å²) in [7, 11) is 0. The number of carbonyl (C=O) groups is 4. The molecule has 4 rings (SSSR count). The van der Waals surface area contributed by atoms with Crippen LogP contribution in [0, 0.1) is 0 Å². The van der Waals surface area contributed by atoms with Gasteiger partial charge in [0.2, 0.25) is 6.41 Å². The maximum Gasteiger partial charge on any atom is 0.352 e. The van der Waals surface area contributed by atoms with Gasteiger partial charge in [0.1, 0.15) is 17.1 Å². The number of halogens is 1. The Morgan fingerprint density at radius 2 is 2.08 bits per heavy atom. The number of nitrogens with one attached hydrogen (secondary N) is 2. The summed E-state index contributed by atoms with van der Waals surface area (Å²) in [5.74, 6) is -0.735. The van der Waals surface area contributed by atoms with E-state index in [2.05, 4.69) is 25.8 Å². The van der Waals surface area contributed by atoms with Gasteiger partial charge in [0.15, 0.2) is 13.8 Å². The van der Waals surface area contributed by atoms with Crippen molar-refractivity contribution in [3.63, 3.8) is 0 Å². The number of carboxylic acid groups (broad SMARTS) is 1. The number of aliphatic carboxylic acids is 1. The number of anilines is 1. The summed E-state index contributed by atoms with van der Waals surface area (Å²) in [6, 6.07) is -0.916. The molecule has 3 N–H and O–H groups in total. The predicted molar refractivity (Wildman–Crippen MR) is 142 cm³/mol. The Morgan fingerprint density at radius 3 is 2.75 bits per heavy atom. The number of hydrogen-bond acceptors (Lipinski definition) is 12. The monoisotopic (exact) mass is 604 g/mol. The van der Waals surface area contributed by atoms with Gasteiger partial charge in [-0.05, 0) is 11.3 Å². The van der Waals surface area contributed by atoms with Crippen LogP contribution in [0.3, 0.4) is 0 Å². The number of aromatic nitrogens is 3. The van der Waals surface area contributed by atoms with E-state index in [1.807, 2.05) is 6.92 Å². The Kier molecular flexibility index (Phi) is 8.95. The molecule has 2 aliphatic rings. The van der Waals surface area contributed by atoms with Crippen LogP contribution in [0.2, 0.25) is 0 Å². The average molecular weight is 605 g/mol. The van der Waals surface area contributed by atoms with E-state index in [1.165, 1.54) is 39.8 Å². The van der Waals surface area contributed by atoms with Gasteiger partial charge in [0, 0.05) is 22.4 Å². The van der Waals surface area contributed by atoms with E-state index in [4.69, 9.17) is 11.6 Å². The van der Waals surface area contributed by atoms with Gasteiger partial charge in [-0.1, -0.05) is 53.4 Å². The minimum atomic E-state index is -1.20. The van der Waals surface area contributed by atoms with Gasteiger partial charge in [0.05, 0.1) is 11.3 Å². The minimum absolute atomic E-state index is 0.0164. The lowest BCUT2D eigenvalue weighted by molar-refractivity contribution is -0.150. The van der Waals surface area contributed by atoms with Gasteiger partial charge in [-0.15, -0.1) is 33.3 Å². The third-order valence-corrected chi connectivity index (χ3v) is 10.4. The van der Waals surface area contributed by atoms with Crippen LogP contribution >= 0.6 is 69.6 Å². The van der Waals surface area contributed by atoms with Crippen LogP contribution in [0.1, 0.15) is 12.6 Å². The van der Waals surface area contributed by atoms with Gasteiger partial charge in [-0.2, -0.15) is 0 Å². The van der Waals surface area contributed by atoms with E-state index in [0.717, 1.165) is 31.3 Å². The molecule has 190 valence electrons. The molecule has 4 heterocycles. The molecule has 11 nitrogen and oxygen atoms in total. The van der Waals surface area contributed by atoms with E-state index in [1.54, 1.807) is 17.1 Å². The Labute approximate surface area is 230 Å². The molecule has 2 aliphatic heterocycles. The molecule has 3 amide bonds. The fourth-order valence-corrected chi connectivity index (χ4v) is 8.62. The number of nitrogens with zero attached hydrogens (tertiary/aromatic N) is 4. The van der Waals surface area contributed by atoms with E-state index in [-0.39, 0.29) is 22.1 Å². The summed E-state index contributed by atoms with van der Waals surface area (Å²) in [5.41, 5.74) is 1.83. The molecule has 0 bridgehead atoms. The van der Waals surface area contributed by atoms with Crippen molar-refractivity contribution in [2.75, 3.05) is 22.6 Å². The number of thiazole rings is 1. The van der Waals surface area contributed by atoms with Crippen LogP contribution in [0.25, 0.3) is 5.57 Å². The first-order valence-electron chi connectivity index (χ1n) is 10.1. The van der Waals surface area contributed by atoms with E-state index >= 15 is 0 Å². The molecule has 1 unspecified atom stereocenters. The van der Waals surface area contributed by atoms with Crippen LogP contribution in [-0.2, 0) is 19.2 Å². The third kappa shape index (κ3) is 5.57. The Hall–Kier alpha value is -2.11. The average Bonchev–Trinajstić information content (AvgIpc) is 3.51. The number of thioether (sulfide) groups is 3. The van der Waals surface area contributed by atoms with Crippen molar-refractivity contribution in [1.82, 2.24) is 25.4 Å². The number of β-lactam (4-membered cyclic amide) rings is 1. The fraction of sp³-hybridized carbons (Fsp3) is 0.316. The first-order valence-corrected chi connectivity index (χ1v) is 15.3. The smallest absolute Gasteiger partial charge is 0.352 e. The standard InChI is InChI=1S/C19H17ClN6O5S5/c1-2-32-18-24-25-19(36-18)35-5-8-4-33-15-11(14(29)26(15)12(8)16(30)31)23-13(28)9(3-20)10-6-34-17(22-10)21-7-27/h3,6-7,11,15H,2,4-5H2,1H3,(H,23,28)(H,30,31)(H,21,22,27)/t11?,15-/m1/s1. The second-order valence-electron chi connectivity index (χ2n) is 7.00. The summed E-state index contributed by atoms with van der Waals surface area (Å²) in [6.45, 7) is 2.02. The molecular weight excluding hydrogens is 588 g/mol. The summed E-state index contributed by atoms with van der Waals surface area (Å²) < 4.78 is 1.57. The summed E-state index contributed by atoms with van der Waals surface area (Å²) in [5, 5.41) is 24.4. The van der Waals surface area contributed by atoms with Crippen molar-refractivity contribution in [1.29, 1.82) is 0 Å². The zero-order valence-electron chi connectivity index (χ0n) is 18.3. The summed E-state index contributed by atoms with van der Waals surface area (Å²) in [6.07, 6.45) is 0.464. The molecule has 0 radical (unpaired) electrons. The lowest BCUT2D eigenvalue weighted by Crippen LogP contribution is -2.70. The molecule has 0 spiro atoms. The largest absolute Gasteiger partial charge is 0.477 e. The lowest BCUT2D eigenvalue weighted by atomic mass is 10.0. The van der Waals surface area contributed by atoms with Crippen LogP contribution in [0.5, 0.6) is 0 Å². The molecular formula is C19H17ClN6O5S5. The quantitative estimate of drug-likeness (QED) is 0.150. The highest BCUT2D eigenvalue weighted by Crippen LogP contribution is 2.42. The van der Waals surface area contributed by atoms with Crippen molar-refractivity contribution < 1.29 is 24.3 Å². The summed E-state index contributed by atoms with van der Waals surface area (Å²) in [4.78, 5) is 53.8. The van der Waals surface area contributed by atoms with Crippen molar-refractivity contribution in [2.45, 2.75) is 27.0 Å². The molecule has 2 aromatic heterocycles. The predicted octanol–water partition coefficient (Wildman–Crippen LogP) is 2.79. The zero-order chi connectivity index (χ0) is 25.8. The van der Waals surface area contributed by atoms with Gasteiger partial charge < -0.3 is 15.7 Å². The highest BCUT2D eigenvalue weighted by Gasteiger charge is 2.54. The highest BCUT2D eigenvalue weighted by molar-refractivity contribution is 8.03. The van der Waals surface area contributed by atoms with Crippen LogP contribution in [0.4, 0.5) is 5.13 Å². The van der Waals surface area contributed by atoms with Crippen molar-refractivity contribution in [3.05, 3.63) is 27.9 Å². The Balaban J connectivity index is 1.44. The molecule has 2 atom stereocenters. The van der Waals surface area contributed by atoms with E-state index < -0.39 is 29.2 Å². The Bertz CT molecular complexity index is 1260. The molecule has 0 aromatic carbocycles. The van der Waals surface area contributed by atoms with Crippen LogP contribution in [-0.4, -0.2) is 78.1 Å². The lowest BCUT2D eigenvalue weighted by Gasteiger charge is -2.49. The van der Waals surface area contributed by atoms with Crippen LogP contribution < -0.4 is 10.6 Å². The van der Waals surface area contributed by atoms with Gasteiger partial charge in [0.25, 0.3) is 11.8 Å². The first-order chi connectivity index (χ1) is 17.4. The number of fused-ring (bicyclic) bond motifs is 1. The maximum atomic E-state index is 12.9. The molecule has 17 heteroatoms. The minimum Gasteiger partial charge on any atom is -0.477 e. The number of carboxylic acids is 1. The number of amides is 3. The second-order valence-corrected chi connectivity index (χ2v) is 12.9. The number of carbonyl (C=O) groups excluding carboxylic acids is 3. The molecule has 2 aromatic rings. The zero-order valence-corrected chi connectivity index (χ0v) is 23.1. The second kappa shape index (κ2) is 12.0. The van der Waals surface area contributed by atoms with Crippen molar-refractivity contribution in [3.8, 4) is 0 Å². The third-order valence-electron chi connectivity index (χ3n) is 4.88. The van der Waals surface area contributed by atoms with Crippen LogP contribution in [0.15, 0.2) is 30.9 Å². The normalized spacial score (nSPS) is 19.6. The summed E-state index contributed by atoms with van der Waals surface area (Å²) >= 11 is 12.7. The van der Waals surface area contributed by atoms with Gasteiger partial charge in [-0.3, -0.25) is 19.3 Å². The van der Waals surface area contributed by atoms with E-state index in [9.17, 15) is 24.3 Å². The molecule has 1 saturated heterocycles. The van der Waals surface area contributed by atoms with Gasteiger partial charge in [-0.25, -0.2) is 9.78 Å².